The number of rotatable bonds is 6. The number of halogens is 1. The third-order valence-electron chi connectivity index (χ3n) is 2.97. The topological polar surface area (TPSA) is 51.2 Å². The zero-order valence-corrected chi connectivity index (χ0v) is 12.5. The second-order valence-corrected chi connectivity index (χ2v) is 4.87. The summed E-state index contributed by atoms with van der Waals surface area (Å²) in [6.45, 7) is 2.31. The van der Waals surface area contributed by atoms with Crippen LogP contribution in [-0.4, -0.2) is 16.8 Å². The second kappa shape index (κ2) is 7.64. The summed E-state index contributed by atoms with van der Waals surface area (Å²) in [5.41, 5.74) is 1.83. The van der Waals surface area contributed by atoms with Crippen LogP contribution in [0.25, 0.3) is 0 Å². The number of ether oxygens (including phenoxy) is 1. The van der Waals surface area contributed by atoms with Crippen molar-refractivity contribution in [1.29, 1.82) is 0 Å². The van der Waals surface area contributed by atoms with Crippen LogP contribution in [0.4, 0.5) is 0 Å². The Kier molecular flexibility index (Phi) is 5.58. The quantitative estimate of drug-likeness (QED) is 0.834. The molecule has 0 spiro atoms. The average Bonchev–Trinajstić information content (AvgIpc) is 2.54. The van der Waals surface area contributed by atoms with E-state index in [9.17, 15) is 4.79 Å². The van der Waals surface area contributed by atoms with Gasteiger partial charge in [-0.15, -0.1) is 11.6 Å². The van der Waals surface area contributed by atoms with Gasteiger partial charge in [0.15, 0.2) is 0 Å². The summed E-state index contributed by atoms with van der Waals surface area (Å²) in [4.78, 5) is 15.5. The van der Waals surface area contributed by atoms with Gasteiger partial charge in [0, 0.05) is 6.20 Å². The number of carbonyl (C=O) groups excluding carboxylic acids is 1. The van der Waals surface area contributed by atoms with E-state index in [1.165, 1.54) is 0 Å². The lowest BCUT2D eigenvalue weighted by Crippen LogP contribution is -2.27. The molecule has 0 radical (unpaired) electrons. The Balaban J connectivity index is 1.99. The Labute approximate surface area is 129 Å². The zero-order chi connectivity index (χ0) is 15.1. The highest BCUT2D eigenvalue weighted by Gasteiger charge is 2.09. The summed E-state index contributed by atoms with van der Waals surface area (Å²) in [5, 5.41) is 2.81. The van der Waals surface area contributed by atoms with E-state index in [0.29, 0.717) is 6.61 Å². The highest BCUT2D eigenvalue weighted by molar-refractivity contribution is 6.27. The van der Waals surface area contributed by atoms with E-state index >= 15 is 0 Å². The van der Waals surface area contributed by atoms with Crippen molar-refractivity contribution in [2.45, 2.75) is 19.6 Å². The smallest absolute Gasteiger partial charge is 0.235 e. The van der Waals surface area contributed by atoms with Crippen LogP contribution in [0.5, 0.6) is 5.75 Å². The molecule has 1 aromatic heterocycles. The molecule has 1 unspecified atom stereocenters. The predicted molar refractivity (Wildman–Crippen MR) is 82.3 cm³/mol. The van der Waals surface area contributed by atoms with E-state index in [1.807, 2.05) is 49.4 Å². The molecule has 0 aliphatic heterocycles. The van der Waals surface area contributed by atoms with Crippen LogP contribution in [0.1, 0.15) is 24.2 Å². The number of benzene rings is 1. The molecule has 2 aromatic rings. The Morgan fingerprint density at radius 1 is 1.33 bits per heavy atom. The Hall–Kier alpha value is -2.07. The summed E-state index contributed by atoms with van der Waals surface area (Å²) in [7, 11) is 0. The fraction of sp³-hybridized carbons (Fsp3) is 0.250. The molecule has 1 atom stereocenters. The van der Waals surface area contributed by atoms with Gasteiger partial charge in [0.2, 0.25) is 5.91 Å². The Morgan fingerprint density at radius 3 is 2.90 bits per heavy atom. The third-order valence-corrected chi connectivity index (χ3v) is 3.21. The van der Waals surface area contributed by atoms with Gasteiger partial charge < -0.3 is 10.1 Å². The van der Waals surface area contributed by atoms with Crippen molar-refractivity contribution in [3.05, 3.63) is 59.9 Å². The van der Waals surface area contributed by atoms with E-state index in [0.717, 1.165) is 17.0 Å². The highest BCUT2D eigenvalue weighted by atomic mass is 35.5. The maximum absolute atomic E-state index is 11.3. The van der Waals surface area contributed by atoms with Gasteiger partial charge >= 0.3 is 0 Å². The number of nitrogens with zero attached hydrogens (tertiary/aromatic N) is 1. The molecule has 1 heterocycles. The molecule has 0 saturated carbocycles. The molecular formula is C16H17ClN2O2. The van der Waals surface area contributed by atoms with E-state index in [-0.39, 0.29) is 17.8 Å². The summed E-state index contributed by atoms with van der Waals surface area (Å²) in [6.07, 6.45) is 1.73. The monoisotopic (exact) mass is 304 g/mol. The first kappa shape index (κ1) is 15.3. The molecule has 4 nitrogen and oxygen atoms in total. The summed E-state index contributed by atoms with van der Waals surface area (Å²) >= 11 is 5.49. The maximum Gasteiger partial charge on any atom is 0.235 e. The van der Waals surface area contributed by atoms with Gasteiger partial charge in [-0.1, -0.05) is 18.2 Å². The van der Waals surface area contributed by atoms with E-state index in [4.69, 9.17) is 16.3 Å². The van der Waals surface area contributed by atoms with E-state index in [2.05, 4.69) is 10.3 Å². The van der Waals surface area contributed by atoms with Crippen molar-refractivity contribution in [2.75, 3.05) is 5.88 Å². The molecule has 0 bridgehead atoms. The van der Waals surface area contributed by atoms with Gasteiger partial charge in [0.1, 0.15) is 18.2 Å². The van der Waals surface area contributed by atoms with Crippen LogP contribution in [0, 0.1) is 0 Å². The number of carbonyl (C=O) groups is 1. The van der Waals surface area contributed by atoms with Crippen LogP contribution >= 0.6 is 11.6 Å². The predicted octanol–water partition coefficient (Wildman–Crippen LogP) is 3.08. The maximum atomic E-state index is 11.3. The number of hydrogen-bond acceptors (Lipinski definition) is 3. The third kappa shape index (κ3) is 4.76. The summed E-state index contributed by atoms with van der Waals surface area (Å²) < 4.78 is 5.71. The van der Waals surface area contributed by atoms with Crippen LogP contribution < -0.4 is 10.1 Å². The molecule has 110 valence electrons. The highest BCUT2D eigenvalue weighted by Crippen LogP contribution is 2.19. The van der Waals surface area contributed by atoms with Gasteiger partial charge in [-0.2, -0.15) is 0 Å². The molecule has 2 rings (SSSR count). The van der Waals surface area contributed by atoms with Crippen molar-refractivity contribution in [1.82, 2.24) is 10.3 Å². The number of pyridine rings is 1. The van der Waals surface area contributed by atoms with Crippen molar-refractivity contribution >= 4 is 17.5 Å². The molecule has 1 N–H and O–H groups in total. The minimum Gasteiger partial charge on any atom is -0.487 e. The average molecular weight is 305 g/mol. The zero-order valence-electron chi connectivity index (χ0n) is 11.8. The van der Waals surface area contributed by atoms with Gasteiger partial charge in [0.25, 0.3) is 0 Å². The lowest BCUT2D eigenvalue weighted by Gasteiger charge is -2.14. The summed E-state index contributed by atoms with van der Waals surface area (Å²) in [5.74, 6) is 0.509. The first-order valence-electron chi connectivity index (χ1n) is 6.67. The number of aromatic nitrogens is 1. The van der Waals surface area contributed by atoms with Gasteiger partial charge in [-0.3, -0.25) is 9.78 Å². The van der Waals surface area contributed by atoms with Gasteiger partial charge in [-0.25, -0.2) is 0 Å². The standard InChI is InChI=1S/C16H17ClN2O2/c1-12(19-16(20)10-17)13-5-4-7-15(9-13)21-11-14-6-2-3-8-18-14/h2-9,12H,10-11H2,1H3,(H,19,20). The van der Waals surface area contributed by atoms with Crippen molar-refractivity contribution < 1.29 is 9.53 Å². The van der Waals surface area contributed by atoms with Gasteiger partial charge in [0.05, 0.1) is 11.7 Å². The lowest BCUT2D eigenvalue weighted by atomic mass is 10.1. The molecule has 0 aliphatic carbocycles. The molecule has 5 heteroatoms. The molecule has 1 aromatic carbocycles. The largest absolute Gasteiger partial charge is 0.487 e. The fourth-order valence-corrected chi connectivity index (χ4v) is 1.95. The van der Waals surface area contributed by atoms with Crippen molar-refractivity contribution in [3.8, 4) is 5.75 Å². The molecule has 0 aliphatic rings. The minimum atomic E-state index is -0.191. The fourth-order valence-electron chi connectivity index (χ4n) is 1.88. The number of alkyl halides is 1. The van der Waals surface area contributed by atoms with Crippen molar-refractivity contribution in [3.63, 3.8) is 0 Å². The normalized spacial score (nSPS) is 11.7. The van der Waals surface area contributed by atoms with Crippen LogP contribution in [-0.2, 0) is 11.4 Å². The molecule has 1 amide bonds. The van der Waals surface area contributed by atoms with E-state index in [1.54, 1.807) is 6.20 Å². The van der Waals surface area contributed by atoms with Crippen LogP contribution in [0.15, 0.2) is 48.7 Å². The summed E-state index contributed by atoms with van der Waals surface area (Å²) in [6, 6.07) is 13.2. The first-order valence-corrected chi connectivity index (χ1v) is 7.20. The van der Waals surface area contributed by atoms with Crippen molar-refractivity contribution in [2.24, 2.45) is 0 Å². The molecule has 0 saturated heterocycles. The van der Waals surface area contributed by atoms with E-state index < -0.39 is 0 Å². The van der Waals surface area contributed by atoms with Crippen LogP contribution in [0.3, 0.4) is 0 Å². The second-order valence-electron chi connectivity index (χ2n) is 4.61. The molecule has 21 heavy (non-hydrogen) atoms. The Bertz CT molecular complexity index is 590. The molecule has 0 fully saturated rings. The number of hydrogen-bond donors (Lipinski definition) is 1. The number of amides is 1. The first-order chi connectivity index (χ1) is 10.2. The van der Waals surface area contributed by atoms with Crippen LogP contribution in [0.2, 0.25) is 0 Å². The number of nitrogens with one attached hydrogen (secondary N) is 1. The Morgan fingerprint density at radius 2 is 2.19 bits per heavy atom. The lowest BCUT2D eigenvalue weighted by molar-refractivity contribution is -0.119. The minimum absolute atomic E-state index is 0.0415. The SMILES string of the molecule is CC(NC(=O)CCl)c1cccc(OCc2ccccn2)c1. The van der Waals surface area contributed by atoms with Gasteiger partial charge in [-0.05, 0) is 36.8 Å². The molecular weight excluding hydrogens is 288 g/mol.